The summed E-state index contributed by atoms with van der Waals surface area (Å²) in [5.41, 5.74) is 4.33. The fraction of sp³-hybridized carbons (Fsp3) is 0.111. The smallest absolute Gasteiger partial charge is 0.255 e. The molecule has 0 aliphatic rings. The zero-order valence-electron chi connectivity index (χ0n) is 18.1. The van der Waals surface area contributed by atoms with E-state index in [1.165, 1.54) is 24.5 Å². The molecule has 0 bridgehead atoms. The van der Waals surface area contributed by atoms with Crippen LogP contribution >= 0.6 is 11.6 Å². The van der Waals surface area contributed by atoms with Gasteiger partial charge in [-0.25, -0.2) is 8.42 Å². The first-order valence-corrected chi connectivity index (χ1v) is 12.5. The van der Waals surface area contributed by atoms with Crippen molar-refractivity contribution in [3.63, 3.8) is 0 Å². The first-order valence-electron chi connectivity index (χ1n) is 10.5. The third kappa shape index (κ3) is 4.78. The molecule has 6 nitrogen and oxygen atoms in total. The first kappa shape index (κ1) is 24.4. The zero-order chi connectivity index (χ0) is 23.9. The van der Waals surface area contributed by atoms with E-state index in [1.54, 1.807) is 22.8 Å². The van der Waals surface area contributed by atoms with Crippen LogP contribution in [0, 0.1) is 6.92 Å². The summed E-state index contributed by atoms with van der Waals surface area (Å²) < 4.78 is 32.0. The lowest BCUT2D eigenvalue weighted by Crippen LogP contribution is -2.18. The Kier molecular flexibility index (Phi) is 6.65. The van der Waals surface area contributed by atoms with Crippen LogP contribution in [-0.4, -0.2) is 18.1 Å². The molecule has 0 fully saturated rings. The topological polar surface area (TPSA) is 82.2 Å². The Hall–Kier alpha value is -3.68. The van der Waals surface area contributed by atoms with Gasteiger partial charge in [0.2, 0.25) is 0 Å². The lowest BCUT2D eigenvalue weighted by atomic mass is 10.0. The summed E-state index contributed by atoms with van der Waals surface area (Å²) in [5.74, 6) is -0.265. The minimum Gasteiger partial charge on any atom is -0.364 e. The summed E-state index contributed by atoms with van der Waals surface area (Å²) in [5, 5.41) is 4.98. The van der Waals surface area contributed by atoms with Crippen molar-refractivity contribution in [2.75, 3.05) is 0 Å². The van der Waals surface area contributed by atoms with E-state index >= 15 is 0 Å². The average Bonchev–Trinajstić information content (AvgIpc) is 3.31. The van der Waals surface area contributed by atoms with E-state index in [1.807, 2.05) is 49.4 Å². The van der Waals surface area contributed by atoms with Gasteiger partial charge in [0.25, 0.3) is 5.56 Å². The maximum absolute atomic E-state index is 12.9. The van der Waals surface area contributed by atoms with Crippen LogP contribution in [0.5, 0.6) is 0 Å². The lowest BCUT2D eigenvalue weighted by Gasteiger charge is -2.15. The monoisotopic (exact) mass is 506 g/mol. The third-order valence-corrected chi connectivity index (χ3v) is 7.53. The van der Waals surface area contributed by atoms with Gasteiger partial charge in [0.15, 0.2) is 9.84 Å². The molecule has 35 heavy (non-hydrogen) atoms. The van der Waals surface area contributed by atoms with E-state index in [0.717, 1.165) is 22.4 Å². The van der Waals surface area contributed by atoms with Gasteiger partial charge in [-0.3, -0.25) is 9.36 Å². The van der Waals surface area contributed by atoms with E-state index in [4.69, 9.17) is 16.1 Å². The Morgan fingerprint density at radius 2 is 1.74 bits per heavy atom. The van der Waals surface area contributed by atoms with Crippen LogP contribution in [0.1, 0.15) is 18.7 Å². The van der Waals surface area contributed by atoms with E-state index < -0.39 is 9.84 Å². The fourth-order valence-electron chi connectivity index (χ4n) is 4.01. The Bertz CT molecular complexity index is 1690. The van der Waals surface area contributed by atoms with Gasteiger partial charge in [0, 0.05) is 22.5 Å². The molecular weight excluding hydrogens is 484 g/mol. The van der Waals surface area contributed by atoms with E-state index in [9.17, 15) is 13.2 Å². The predicted octanol–water partition coefficient (Wildman–Crippen LogP) is 6.22. The predicted molar refractivity (Wildman–Crippen MR) is 139 cm³/mol. The van der Waals surface area contributed by atoms with Crippen molar-refractivity contribution in [1.29, 1.82) is 0 Å². The summed E-state index contributed by atoms with van der Waals surface area (Å²) in [6.45, 7) is 1.94. The van der Waals surface area contributed by atoms with Crippen molar-refractivity contribution in [1.82, 2.24) is 9.72 Å². The second kappa shape index (κ2) is 9.52. The average molecular weight is 507 g/mol. The van der Waals surface area contributed by atoms with Crippen LogP contribution in [0.3, 0.4) is 0 Å². The highest BCUT2D eigenvalue weighted by Gasteiger charge is 2.19. The second-order valence-electron chi connectivity index (χ2n) is 7.99. The molecule has 0 radical (unpaired) electrons. The Morgan fingerprint density at radius 3 is 2.46 bits per heavy atom. The summed E-state index contributed by atoms with van der Waals surface area (Å²) in [6.07, 6.45) is 1.34. The minimum atomic E-state index is -3.63. The minimum absolute atomic E-state index is 0. The molecule has 2 heterocycles. The summed E-state index contributed by atoms with van der Waals surface area (Å²) >= 11 is 6.14. The number of rotatable bonds is 5. The number of pyridine rings is 1. The molecular formula is C27H23ClN2O4S. The Labute approximate surface area is 208 Å². The molecule has 8 heteroatoms. The molecule has 0 amide bonds. The van der Waals surface area contributed by atoms with Crippen molar-refractivity contribution in [2.45, 2.75) is 25.0 Å². The van der Waals surface area contributed by atoms with Gasteiger partial charge in [-0.2, -0.15) is 0 Å². The fourth-order valence-corrected chi connectivity index (χ4v) is 5.49. The van der Waals surface area contributed by atoms with Crippen LogP contribution in [-0.2, 0) is 15.6 Å². The van der Waals surface area contributed by atoms with Gasteiger partial charge in [-0.1, -0.05) is 42.4 Å². The summed E-state index contributed by atoms with van der Waals surface area (Å²) in [7, 11) is -3.63. The zero-order valence-corrected chi connectivity index (χ0v) is 19.7. The molecule has 0 saturated heterocycles. The van der Waals surface area contributed by atoms with Gasteiger partial charge in [0.05, 0.1) is 21.8 Å². The van der Waals surface area contributed by atoms with Crippen molar-refractivity contribution < 1.29 is 12.9 Å². The van der Waals surface area contributed by atoms with Crippen LogP contribution in [0.4, 0.5) is 0 Å². The molecule has 0 aliphatic carbocycles. The standard InChI is InChI=1S/C26H19ClN2O4S.CH4/c1-17-13-19(18-3-2-4-21(27)14-18)5-8-24(17)29-25-9-7-23(15-20(25)6-10-26(29)30)34(31,32)16-22-11-12-33-28-22;/h2-15H,16H2,1H3;1H4. The van der Waals surface area contributed by atoms with Crippen molar-refractivity contribution in [3.05, 3.63) is 112 Å². The first-order chi connectivity index (χ1) is 16.3. The molecule has 2 aromatic heterocycles. The van der Waals surface area contributed by atoms with E-state index in [0.29, 0.717) is 21.6 Å². The van der Waals surface area contributed by atoms with Crippen LogP contribution < -0.4 is 5.56 Å². The highest BCUT2D eigenvalue weighted by Crippen LogP contribution is 2.28. The molecule has 0 N–H and O–H groups in total. The number of benzene rings is 3. The number of hydrogen-bond acceptors (Lipinski definition) is 5. The number of nitrogens with zero attached hydrogens (tertiary/aromatic N) is 2. The van der Waals surface area contributed by atoms with Crippen LogP contribution in [0.25, 0.3) is 27.7 Å². The molecule has 5 aromatic rings. The van der Waals surface area contributed by atoms with Gasteiger partial charge in [-0.15, -0.1) is 0 Å². The van der Waals surface area contributed by atoms with E-state index in [2.05, 4.69) is 5.16 Å². The molecule has 178 valence electrons. The van der Waals surface area contributed by atoms with Crippen LogP contribution in [0.15, 0.2) is 99.3 Å². The van der Waals surface area contributed by atoms with Gasteiger partial charge in [-0.05, 0) is 72.1 Å². The van der Waals surface area contributed by atoms with Crippen LogP contribution in [0.2, 0.25) is 5.02 Å². The molecule has 0 atom stereocenters. The Morgan fingerprint density at radius 1 is 0.943 bits per heavy atom. The van der Waals surface area contributed by atoms with Gasteiger partial charge in [0.1, 0.15) is 12.0 Å². The molecule has 0 aliphatic heterocycles. The SMILES string of the molecule is C.Cc1cc(-c2cccc(Cl)c2)ccc1-n1c(=O)ccc2cc(S(=O)(=O)Cc3ccon3)ccc21. The number of aromatic nitrogens is 2. The molecule has 0 saturated carbocycles. The number of fused-ring (bicyclic) bond motifs is 1. The second-order valence-corrected chi connectivity index (χ2v) is 10.4. The summed E-state index contributed by atoms with van der Waals surface area (Å²) in [6, 6.07) is 22.8. The molecule has 3 aromatic carbocycles. The normalized spacial score (nSPS) is 11.4. The quantitative estimate of drug-likeness (QED) is 0.282. The highest BCUT2D eigenvalue weighted by molar-refractivity contribution is 7.90. The highest BCUT2D eigenvalue weighted by atomic mass is 35.5. The number of sulfone groups is 1. The van der Waals surface area contributed by atoms with Gasteiger partial charge >= 0.3 is 0 Å². The summed E-state index contributed by atoms with van der Waals surface area (Å²) in [4.78, 5) is 13.0. The number of aryl methyl sites for hydroxylation is 1. The molecule has 5 rings (SSSR count). The van der Waals surface area contributed by atoms with Crippen molar-refractivity contribution in [3.8, 4) is 16.8 Å². The molecule has 0 spiro atoms. The van der Waals surface area contributed by atoms with Gasteiger partial charge < -0.3 is 4.52 Å². The maximum Gasteiger partial charge on any atom is 0.255 e. The van der Waals surface area contributed by atoms with Crippen molar-refractivity contribution in [2.24, 2.45) is 0 Å². The largest absolute Gasteiger partial charge is 0.364 e. The maximum atomic E-state index is 12.9. The Balaban J connectivity index is 0.00000289. The van der Waals surface area contributed by atoms with E-state index in [-0.39, 0.29) is 23.6 Å². The third-order valence-electron chi connectivity index (χ3n) is 5.65. The van der Waals surface area contributed by atoms with Crippen molar-refractivity contribution >= 4 is 32.3 Å². The number of halogens is 1. The lowest BCUT2D eigenvalue weighted by molar-refractivity contribution is 0.413. The number of hydrogen-bond donors (Lipinski definition) is 0. The molecule has 0 unspecified atom stereocenters.